The molecule has 0 spiro atoms. The number of carbonyl (C=O) groups is 1. The first kappa shape index (κ1) is 14.2. The van der Waals surface area contributed by atoms with Gasteiger partial charge >= 0.3 is 0 Å². The van der Waals surface area contributed by atoms with Gasteiger partial charge < -0.3 is 10.1 Å². The topological polar surface area (TPSA) is 38.3 Å². The summed E-state index contributed by atoms with van der Waals surface area (Å²) >= 11 is 3.41. The van der Waals surface area contributed by atoms with Gasteiger partial charge in [-0.25, -0.2) is 0 Å². The zero-order valence-electron chi connectivity index (χ0n) is 10.4. The van der Waals surface area contributed by atoms with E-state index in [9.17, 15) is 4.79 Å². The van der Waals surface area contributed by atoms with E-state index >= 15 is 0 Å². The molecular formula is C13H18BrNO2. The molecule has 1 aromatic rings. The minimum Gasteiger partial charge on any atom is -0.377 e. The van der Waals surface area contributed by atoms with Crippen molar-refractivity contribution in [2.24, 2.45) is 0 Å². The lowest BCUT2D eigenvalue weighted by Crippen LogP contribution is -2.32. The smallest absolute Gasteiger partial charge is 0.251 e. The number of benzene rings is 1. The molecule has 0 aliphatic rings. The lowest BCUT2D eigenvalue weighted by Gasteiger charge is -2.12. The van der Waals surface area contributed by atoms with Crippen molar-refractivity contribution in [1.82, 2.24) is 5.32 Å². The molecule has 1 N–H and O–H groups in total. The van der Waals surface area contributed by atoms with E-state index in [2.05, 4.69) is 21.2 Å². The van der Waals surface area contributed by atoms with Gasteiger partial charge in [0, 0.05) is 23.2 Å². The van der Waals surface area contributed by atoms with Gasteiger partial charge in [-0.3, -0.25) is 4.79 Å². The molecule has 0 aromatic heterocycles. The van der Waals surface area contributed by atoms with E-state index in [1.54, 1.807) is 6.07 Å². The predicted octanol–water partition coefficient (Wildman–Crippen LogP) is 2.91. The number of rotatable bonds is 5. The van der Waals surface area contributed by atoms with E-state index in [1.807, 2.05) is 32.9 Å². The fraction of sp³-hybridized carbons (Fsp3) is 0.462. The van der Waals surface area contributed by atoms with Gasteiger partial charge in [0.1, 0.15) is 0 Å². The van der Waals surface area contributed by atoms with Crippen molar-refractivity contribution in [3.63, 3.8) is 0 Å². The summed E-state index contributed by atoms with van der Waals surface area (Å²) < 4.78 is 6.36. The van der Waals surface area contributed by atoms with Crippen molar-refractivity contribution in [3.05, 3.63) is 33.8 Å². The Morgan fingerprint density at radius 1 is 1.53 bits per heavy atom. The van der Waals surface area contributed by atoms with Crippen LogP contribution in [0, 0.1) is 6.92 Å². The fourth-order valence-electron chi connectivity index (χ4n) is 1.47. The summed E-state index contributed by atoms with van der Waals surface area (Å²) in [6.45, 7) is 7.03. The lowest BCUT2D eigenvalue weighted by atomic mass is 10.1. The number of halogens is 1. The van der Waals surface area contributed by atoms with Crippen molar-refractivity contribution in [2.75, 3.05) is 13.2 Å². The van der Waals surface area contributed by atoms with Crippen LogP contribution in [-0.4, -0.2) is 25.2 Å². The van der Waals surface area contributed by atoms with Crippen molar-refractivity contribution in [3.8, 4) is 0 Å². The normalized spacial score (nSPS) is 12.2. The lowest BCUT2D eigenvalue weighted by molar-refractivity contribution is 0.0695. The average Bonchev–Trinajstić information content (AvgIpc) is 2.30. The number of amides is 1. The third kappa shape index (κ3) is 4.48. The Kier molecular flexibility index (Phi) is 5.65. The minimum absolute atomic E-state index is 0.0421. The number of hydrogen-bond acceptors (Lipinski definition) is 2. The highest BCUT2D eigenvalue weighted by molar-refractivity contribution is 9.10. The molecule has 0 aliphatic heterocycles. The third-order valence-electron chi connectivity index (χ3n) is 2.42. The second kappa shape index (κ2) is 6.77. The first-order valence-corrected chi connectivity index (χ1v) is 6.49. The van der Waals surface area contributed by atoms with Gasteiger partial charge in [0.15, 0.2) is 0 Å². The van der Waals surface area contributed by atoms with Crippen LogP contribution in [0.3, 0.4) is 0 Å². The highest BCUT2D eigenvalue weighted by Crippen LogP contribution is 2.16. The molecule has 0 bridgehead atoms. The molecule has 1 aromatic carbocycles. The van der Waals surface area contributed by atoms with Crippen molar-refractivity contribution in [2.45, 2.75) is 26.9 Å². The summed E-state index contributed by atoms with van der Waals surface area (Å²) in [6, 6.07) is 5.55. The molecule has 3 nitrogen and oxygen atoms in total. The molecule has 0 aliphatic carbocycles. The van der Waals surface area contributed by atoms with Gasteiger partial charge in [0.05, 0.1) is 6.10 Å². The van der Waals surface area contributed by atoms with Gasteiger partial charge in [0.25, 0.3) is 5.91 Å². The molecule has 0 saturated carbocycles. The van der Waals surface area contributed by atoms with Crippen LogP contribution >= 0.6 is 15.9 Å². The molecule has 0 saturated heterocycles. The zero-order chi connectivity index (χ0) is 12.8. The Morgan fingerprint density at radius 3 is 2.82 bits per heavy atom. The van der Waals surface area contributed by atoms with Crippen molar-refractivity contribution < 1.29 is 9.53 Å². The average molecular weight is 300 g/mol. The van der Waals surface area contributed by atoms with Crippen LogP contribution in [0.15, 0.2) is 22.7 Å². The van der Waals surface area contributed by atoms with Crippen LogP contribution in [0.25, 0.3) is 0 Å². The second-order valence-corrected chi connectivity index (χ2v) is 4.79. The summed E-state index contributed by atoms with van der Waals surface area (Å²) in [4.78, 5) is 11.8. The standard InChI is InChI=1S/C13H18BrNO2/c1-4-17-10(3)8-15-13(16)11-5-6-12(14)9(2)7-11/h5-7,10H,4,8H2,1-3H3,(H,15,16). The number of nitrogens with one attached hydrogen (secondary N) is 1. The first-order valence-electron chi connectivity index (χ1n) is 5.70. The van der Waals surface area contributed by atoms with Gasteiger partial charge in [-0.05, 0) is 44.5 Å². The molecule has 1 atom stereocenters. The summed E-state index contributed by atoms with van der Waals surface area (Å²) in [5.74, 6) is -0.0628. The highest BCUT2D eigenvalue weighted by Gasteiger charge is 2.08. The minimum atomic E-state index is -0.0628. The Balaban J connectivity index is 2.55. The van der Waals surface area contributed by atoms with Crippen molar-refractivity contribution >= 4 is 21.8 Å². The predicted molar refractivity (Wildman–Crippen MR) is 72.3 cm³/mol. The molecule has 17 heavy (non-hydrogen) atoms. The molecule has 94 valence electrons. The van der Waals surface area contributed by atoms with Gasteiger partial charge in [-0.2, -0.15) is 0 Å². The molecule has 1 unspecified atom stereocenters. The molecular weight excluding hydrogens is 282 g/mol. The van der Waals surface area contributed by atoms with E-state index in [0.29, 0.717) is 18.7 Å². The largest absolute Gasteiger partial charge is 0.377 e. The van der Waals surface area contributed by atoms with Gasteiger partial charge in [-0.15, -0.1) is 0 Å². The molecule has 0 radical (unpaired) electrons. The van der Waals surface area contributed by atoms with Crippen LogP contribution in [0.4, 0.5) is 0 Å². The fourth-order valence-corrected chi connectivity index (χ4v) is 1.71. The number of carbonyl (C=O) groups excluding carboxylic acids is 1. The van der Waals surface area contributed by atoms with Crippen LogP contribution in [0.1, 0.15) is 29.8 Å². The van der Waals surface area contributed by atoms with Crippen LogP contribution in [0.2, 0.25) is 0 Å². The zero-order valence-corrected chi connectivity index (χ0v) is 12.0. The molecule has 4 heteroatoms. The maximum Gasteiger partial charge on any atom is 0.251 e. The second-order valence-electron chi connectivity index (χ2n) is 3.94. The summed E-state index contributed by atoms with van der Waals surface area (Å²) in [7, 11) is 0. The summed E-state index contributed by atoms with van der Waals surface area (Å²) in [5.41, 5.74) is 1.73. The van der Waals surface area contributed by atoms with Crippen molar-refractivity contribution in [1.29, 1.82) is 0 Å². The van der Waals surface area contributed by atoms with Crippen LogP contribution in [-0.2, 0) is 4.74 Å². The number of ether oxygens (including phenoxy) is 1. The number of aryl methyl sites for hydroxylation is 1. The Bertz CT molecular complexity index is 393. The Morgan fingerprint density at radius 2 is 2.24 bits per heavy atom. The SMILES string of the molecule is CCOC(C)CNC(=O)c1ccc(Br)c(C)c1. The molecule has 1 rings (SSSR count). The summed E-state index contributed by atoms with van der Waals surface area (Å²) in [6.07, 6.45) is 0.0421. The quantitative estimate of drug-likeness (QED) is 0.908. The van der Waals surface area contributed by atoms with Gasteiger partial charge in [-0.1, -0.05) is 15.9 Å². The maximum atomic E-state index is 11.8. The third-order valence-corrected chi connectivity index (χ3v) is 3.31. The molecule has 1 amide bonds. The van der Waals surface area contributed by atoms with E-state index in [4.69, 9.17) is 4.74 Å². The van der Waals surface area contributed by atoms with E-state index < -0.39 is 0 Å². The molecule has 0 heterocycles. The van der Waals surface area contributed by atoms with Crippen LogP contribution < -0.4 is 5.32 Å². The van der Waals surface area contributed by atoms with Gasteiger partial charge in [0.2, 0.25) is 0 Å². The monoisotopic (exact) mass is 299 g/mol. The first-order chi connectivity index (χ1) is 8.04. The summed E-state index contributed by atoms with van der Waals surface area (Å²) in [5, 5.41) is 2.85. The van der Waals surface area contributed by atoms with Crippen LogP contribution in [0.5, 0.6) is 0 Å². The number of hydrogen-bond donors (Lipinski definition) is 1. The maximum absolute atomic E-state index is 11.8. The Labute approximate surface area is 111 Å². The highest BCUT2D eigenvalue weighted by atomic mass is 79.9. The Hall–Kier alpha value is -0.870. The van der Waals surface area contributed by atoms with E-state index in [0.717, 1.165) is 10.0 Å². The van der Waals surface area contributed by atoms with E-state index in [1.165, 1.54) is 0 Å². The molecule has 0 fully saturated rings. The van der Waals surface area contributed by atoms with E-state index in [-0.39, 0.29) is 12.0 Å².